The zero-order valence-electron chi connectivity index (χ0n) is 8.55. The Morgan fingerprint density at radius 3 is 2.65 bits per heavy atom. The van der Waals surface area contributed by atoms with Crippen LogP contribution in [0.15, 0.2) is 15.0 Å². The molecule has 0 amide bonds. The van der Waals surface area contributed by atoms with Crippen molar-refractivity contribution >= 4 is 17.6 Å². The standard InChI is InChI=1S/C7H7N7O3/c1-2-3(5(15)12-9-2)10-13-7-8-4(6(16)17)11-14-7/h1H3,(H,16,17)(H,8,11,14)(H2,9,12,15). The summed E-state index contributed by atoms with van der Waals surface area (Å²) in [5.41, 5.74) is 0.166. The van der Waals surface area contributed by atoms with Crippen molar-refractivity contribution in [3.8, 4) is 0 Å². The van der Waals surface area contributed by atoms with Gasteiger partial charge in [-0.2, -0.15) is 4.98 Å². The maximum atomic E-state index is 11.2. The summed E-state index contributed by atoms with van der Waals surface area (Å²) < 4.78 is 0. The molecule has 0 saturated carbocycles. The van der Waals surface area contributed by atoms with E-state index in [1.807, 2.05) is 0 Å². The molecule has 0 unspecified atom stereocenters. The van der Waals surface area contributed by atoms with Gasteiger partial charge in [-0.1, -0.05) is 0 Å². The molecule has 0 aliphatic heterocycles. The van der Waals surface area contributed by atoms with Crippen LogP contribution in [0.2, 0.25) is 0 Å². The Labute approximate surface area is 92.8 Å². The van der Waals surface area contributed by atoms with Crippen molar-refractivity contribution in [1.29, 1.82) is 0 Å². The fraction of sp³-hybridized carbons (Fsp3) is 0.143. The van der Waals surface area contributed by atoms with Gasteiger partial charge in [0.25, 0.3) is 11.5 Å². The highest BCUT2D eigenvalue weighted by Gasteiger charge is 2.09. The van der Waals surface area contributed by atoms with Gasteiger partial charge in [0.15, 0.2) is 5.69 Å². The van der Waals surface area contributed by atoms with E-state index in [0.29, 0.717) is 5.69 Å². The second kappa shape index (κ2) is 4.00. The second-order valence-electron chi connectivity index (χ2n) is 3.04. The molecular weight excluding hydrogens is 230 g/mol. The molecule has 2 aromatic heterocycles. The van der Waals surface area contributed by atoms with E-state index < -0.39 is 11.5 Å². The highest BCUT2D eigenvalue weighted by molar-refractivity contribution is 5.83. The van der Waals surface area contributed by atoms with Crippen molar-refractivity contribution in [2.24, 2.45) is 10.2 Å². The van der Waals surface area contributed by atoms with Crippen LogP contribution in [0.25, 0.3) is 0 Å². The van der Waals surface area contributed by atoms with Gasteiger partial charge >= 0.3 is 5.97 Å². The van der Waals surface area contributed by atoms with E-state index in [-0.39, 0.29) is 17.5 Å². The summed E-state index contributed by atoms with van der Waals surface area (Å²) in [5, 5.41) is 26.3. The predicted octanol–water partition coefficient (Wildman–Crippen LogP) is 0.243. The van der Waals surface area contributed by atoms with Crippen LogP contribution in [0.5, 0.6) is 0 Å². The van der Waals surface area contributed by atoms with Gasteiger partial charge in [-0.25, -0.2) is 4.79 Å². The Bertz CT molecular complexity index is 634. The predicted molar refractivity (Wildman–Crippen MR) is 53.7 cm³/mol. The number of nitrogens with one attached hydrogen (secondary N) is 3. The molecule has 88 valence electrons. The first-order valence-corrected chi connectivity index (χ1v) is 4.42. The lowest BCUT2D eigenvalue weighted by Crippen LogP contribution is -1.98. The normalized spacial score (nSPS) is 11.1. The Morgan fingerprint density at radius 1 is 1.35 bits per heavy atom. The van der Waals surface area contributed by atoms with Crippen LogP contribution in [0.3, 0.4) is 0 Å². The van der Waals surface area contributed by atoms with Gasteiger partial charge in [-0.05, 0) is 6.92 Å². The molecule has 0 spiro atoms. The number of aromatic carboxylic acids is 1. The molecule has 0 aliphatic rings. The first kappa shape index (κ1) is 10.7. The van der Waals surface area contributed by atoms with Gasteiger partial charge in [-0.15, -0.1) is 15.3 Å². The largest absolute Gasteiger partial charge is 0.475 e. The Balaban J connectivity index is 2.26. The lowest BCUT2D eigenvalue weighted by atomic mass is 10.4. The molecule has 10 nitrogen and oxygen atoms in total. The number of hydrogen-bond acceptors (Lipinski definition) is 6. The number of hydrogen-bond donors (Lipinski definition) is 4. The molecule has 2 heterocycles. The second-order valence-corrected chi connectivity index (χ2v) is 3.04. The Morgan fingerprint density at radius 2 is 2.12 bits per heavy atom. The van der Waals surface area contributed by atoms with Crippen molar-refractivity contribution < 1.29 is 9.90 Å². The van der Waals surface area contributed by atoms with Gasteiger partial charge in [0.05, 0.1) is 5.69 Å². The summed E-state index contributed by atoms with van der Waals surface area (Å²) in [6.07, 6.45) is 0. The third kappa shape index (κ3) is 2.09. The van der Waals surface area contributed by atoms with Crippen molar-refractivity contribution in [2.75, 3.05) is 0 Å². The Kier molecular flexibility index (Phi) is 2.52. The van der Waals surface area contributed by atoms with Crippen LogP contribution in [-0.4, -0.2) is 36.5 Å². The van der Waals surface area contributed by atoms with E-state index in [1.165, 1.54) is 0 Å². The molecule has 10 heteroatoms. The molecule has 0 saturated heterocycles. The molecule has 2 rings (SSSR count). The van der Waals surface area contributed by atoms with Crippen LogP contribution in [0, 0.1) is 6.92 Å². The summed E-state index contributed by atoms with van der Waals surface area (Å²) >= 11 is 0. The number of carboxylic acids is 1. The number of aromatic amines is 3. The number of nitrogens with zero attached hydrogens (tertiary/aromatic N) is 4. The Hall–Kier alpha value is -2.78. The number of rotatable bonds is 3. The van der Waals surface area contributed by atoms with Crippen LogP contribution < -0.4 is 5.56 Å². The topological polar surface area (TPSA) is 152 Å². The van der Waals surface area contributed by atoms with Gasteiger partial charge in [-0.3, -0.25) is 15.0 Å². The number of H-pyrrole nitrogens is 3. The highest BCUT2D eigenvalue weighted by atomic mass is 16.4. The van der Waals surface area contributed by atoms with E-state index in [4.69, 9.17) is 5.11 Å². The first-order chi connectivity index (χ1) is 8.08. The minimum atomic E-state index is -1.25. The van der Waals surface area contributed by atoms with Gasteiger partial charge in [0, 0.05) is 0 Å². The fourth-order valence-corrected chi connectivity index (χ4v) is 1.05. The van der Waals surface area contributed by atoms with Crippen molar-refractivity contribution in [3.63, 3.8) is 0 Å². The fourth-order valence-electron chi connectivity index (χ4n) is 1.05. The third-order valence-electron chi connectivity index (χ3n) is 1.85. The summed E-state index contributed by atoms with van der Waals surface area (Å²) in [6, 6.07) is 0. The molecule has 17 heavy (non-hydrogen) atoms. The maximum Gasteiger partial charge on any atom is 0.373 e. The summed E-state index contributed by atoms with van der Waals surface area (Å²) in [7, 11) is 0. The average molecular weight is 237 g/mol. The first-order valence-electron chi connectivity index (χ1n) is 4.42. The zero-order valence-corrected chi connectivity index (χ0v) is 8.55. The van der Waals surface area contributed by atoms with Crippen LogP contribution >= 0.6 is 0 Å². The van der Waals surface area contributed by atoms with E-state index in [2.05, 4.69) is 35.6 Å². The molecule has 0 aliphatic carbocycles. The molecule has 2 aromatic rings. The van der Waals surface area contributed by atoms with E-state index >= 15 is 0 Å². The maximum absolute atomic E-state index is 11.2. The number of aryl methyl sites for hydroxylation is 1. The summed E-state index contributed by atoms with van der Waals surface area (Å²) in [6.45, 7) is 1.63. The van der Waals surface area contributed by atoms with Crippen molar-refractivity contribution in [2.45, 2.75) is 6.92 Å². The van der Waals surface area contributed by atoms with Crippen molar-refractivity contribution in [3.05, 3.63) is 21.9 Å². The number of azo groups is 1. The molecule has 0 radical (unpaired) electrons. The molecule has 0 fully saturated rings. The lowest BCUT2D eigenvalue weighted by Gasteiger charge is -1.83. The van der Waals surface area contributed by atoms with E-state index in [0.717, 1.165) is 0 Å². The molecule has 0 aromatic carbocycles. The number of carbonyl (C=O) groups is 1. The molecule has 0 bridgehead atoms. The van der Waals surface area contributed by atoms with E-state index in [1.54, 1.807) is 6.92 Å². The number of aromatic nitrogens is 5. The SMILES string of the molecule is Cc1[nH][nH]c(=O)c1N=Nc1n[nH]c(C(=O)O)n1. The van der Waals surface area contributed by atoms with Crippen LogP contribution in [0.1, 0.15) is 16.3 Å². The molecule has 0 atom stereocenters. The minimum absolute atomic E-state index is 0.0895. The quantitative estimate of drug-likeness (QED) is 0.563. The third-order valence-corrected chi connectivity index (χ3v) is 1.85. The summed E-state index contributed by atoms with van der Waals surface area (Å²) in [5.74, 6) is -1.77. The van der Waals surface area contributed by atoms with Gasteiger partial charge < -0.3 is 10.2 Å². The summed E-state index contributed by atoms with van der Waals surface area (Å²) in [4.78, 5) is 25.2. The number of carboxylic acid groups (broad SMARTS) is 1. The zero-order chi connectivity index (χ0) is 12.4. The van der Waals surface area contributed by atoms with Crippen LogP contribution in [-0.2, 0) is 0 Å². The smallest absolute Gasteiger partial charge is 0.373 e. The highest BCUT2D eigenvalue weighted by Crippen LogP contribution is 2.12. The average Bonchev–Trinajstić information content (AvgIpc) is 2.85. The molecular formula is C7H7N7O3. The van der Waals surface area contributed by atoms with E-state index in [9.17, 15) is 9.59 Å². The monoisotopic (exact) mass is 237 g/mol. The lowest BCUT2D eigenvalue weighted by molar-refractivity contribution is 0.0684. The van der Waals surface area contributed by atoms with Gasteiger partial charge in [0.2, 0.25) is 5.82 Å². The minimum Gasteiger partial charge on any atom is -0.475 e. The van der Waals surface area contributed by atoms with Crippen LogP contribution in [0.4, 0.5) is 11.6 Å². The molecule has 4 N–H and O–H groups in total. The van der Waals surface area contributed by atoms with Gasteiger partial charge in [0.1, 0.15) is 0 Å². The van der Waals surface area contributed by atoms with Crippen molar-refractivity contribution in [1.82, 2.24) is 25.4 Å².